The number of methoxy groups -OCH3 is 1. The minimum atomic E-state index is -0.230. The Morgan fingerprint density at radius 3 is 2.81 bits per heavy atom. The van der Waals surface area contributed by atoms with Crippen molar-refractivity contribution >= 4 is 11.3 Å². The predicted octanol–water partition coefficient (Wildman–Crippen LogP) is 3.73. The standard InChI is InChI=1S/C16H21FN2OS/c1-11(2)14-10-21-16(19-14)15(18-7-8-20-3)12-5-4-6-13(17)9-12/h4-6,9-11,15,18H,7-8H2,1-3H3. The molecule has 114 valence electrons. The number of benzene rings is 1. The monoisotopic (exact) mass is 308 g/mol. The first-order chi connectivity index (χ1) is 10.1. The molecule has 1 atom stereocenters. The lowest BCUT2D eigenvalue weighted by Crippen LogP contribution is -2.26. The molecule has 5 heteroatoms. The maximum atomic E-state index is 13.5. The van der Waals surface area contributed by atoms with Gasteiger partial charge in [0, 0.05) is 19.0 Å². The summed E-state index contributed by atoms with van der Waals surface area (Å²) in [4.78, 5) is 4.69. The molecule has 0 aliphatic rings. The molecule has 0 bridgehead atoms. The first-order valence-electron chi connectivity index (χ1n) is 7.05. The van der Waals surface area contributed by atoms with Gasteiger partial charge >= 0.3 is 0 Å². The molecule has 21 heavy (non-hydrogen) atoms. The first kappa shape index (κ1) is 16.1. The summed E-state index contributed by atoms with van der Waals surface area (Å²) in [6.07, 6.45) is 0. The molecule has 2 aromatic rings. The van der Waals surface area contributed by atoms with Crippen molar-refractivity contribution in [2.75, 3.05) is 20.3 Å². The first-order valence-corrected chi connectivity index (χ1v) is 7.93. The summed E-state index contributed by atoms with van der Waals surface area (Å²) in [5.41, 5.74) is 1.96. The normalized spacial score (nSPS) is 12.8. The van der Waals surface area contributed by atoms with E-state index in [1.165, 1.54) is 6.07 Å². The van der Waals surface area contributed by atoms with E-state index in [9.17, 15) is 4.39 Å². The van der Waals surface area contributed by atoms with Crippen LogP contribution < -0.4 is 5.32 Å². The van der Waals surface area contributed by atoms with E-state index in [1.54, 1.807) is 30.6 Å². The summed E-state index contributed by atoms with van der Waals surface area (Å²) >= 11 is 1.61. The molecule has 0 fully saturated rings. The van der Waals surface area contributed by atoms with E-state index in [0.717, 1.165) is 16.3 Å². The Labute approximate surface area is 129 Å². The van der Waals surface area contributed by atoms with E-state index in [2.05, 4.69) is 29.5 Å². The minimum absolute atomic E-state index is 0.103. The van der Waals surface area contributed by atoms with Crippen molar-refractivity contribution in [3.63, 3.8) is 0 Å². The Balaban J connectivity index is 2.26. The Bertz CT molecular complexity index is 571. The molecular formula is C16H21FN2OS. The number of hydrogen-bond donors (Lipinski definition) is 1. The molecule has 0 aliphatic heterocycles. The Kier molecular flexibility index (Phi) is 5.85. The molecule has 0 saturated heterocycles. The van der Waals surface area contributed by atoms with E-state index in [0.29, 0.717) is 19.1 Å². The van der Waals surface area contributed by atoms with Crippen LogP contribution in [0, 0.1) is 5.82 Å². The van der Waals surface area contributed by atoms with E-state index in [-0.39, 0.29) is 11.9 Å². The number of nitrogens with one attached hydrogen (secondary N) is 1. The molecule has 1 N–H and O–H groups in total. The third-order valence-corrected chi connectivity index (χ3v) is 4.14. The van der Waals surface area contributed by atoms with E-state index in [4.69, 9.17) is 4.74 Å². The average Bonchev–Trinajstić information content (AvgIpc) is 2.93. The Hall–Kier alpha value is -1.30. The summed E-state index contributed by atoms with van der Waals surface area (Å²) < 4.78 is 18.6. The van der Waals surface area contributed by atoms with E-state index >= 15 is 0 Å². The summed E-state index contributed by atoms with van der Waals surface area (Å²) in [7, 11) is 1.67. The highest BCUT2D eigenvalue weighted by Crippen LogP contribution is 2.27. The molecule has 1 aromatic carbocycles. The van der Waals surface area contributed by atoms with Crippen LogP contribution >= 0.6 is 11.3 Å². The van der Waals surface area contributed by atoms with Crippen LogP contribution in [0.3, 0.4) is 0 Å². The second-order valence-corrected chi connectivity index (χ2v) is 6.09. The second-order valence-electron chi connectivity index (χ2n) is 5.20. The fraction of sp³-hybridized carbons (Fsp3) is 0.438. The molecule has 1 aromatic heterocycles. The second kappa shape index (κ2) is 7.64. The molecule has 0 spiro atoms. The highest BCUT2D eigenvalue weighted by molar-refractivity contribution is 7.09. The van der Waals surface area contributed by atoms with Gasteiger partial charge in [0.15, 0.2) is 0 Å². The lowest BCUT2D eigenvalue weighted by molar-refractivity contribution is 0.197. The van der Waals surface area contributed by atoms with Crippen LogP contribution in [0.25, 0.3) is 0 Å². The zero-order chi connectivity index (χ0) is 15.2. The lowest BCUT2D eigenvalue weighted by atomic mass is 10.1. The van der Waals surface area contributed by atoms with Crippen LogP contribution in [0.5, 0.6) is 0 Å². The van der Waals surface area contributed by atoms with Crippen LogP contribution in [0.1, 0.15) is 42.1 Å². The SMILES string of the molecule is COCCNC(c1cccc(F)c1)c1nc(C(C)C)cs1. The van der Waals surface area contributed by atoms with Crippen LogP contribution in [-0.2, 0) is 4.74 Å². The zero-order valence-electron chi connectivity index (χ0n) is 12.6. The van der Waals surface area contributed by atoms with Gasteiger partial charge in [-0.25, -0.2) is 9.37 Å². The smallest absolute Gasteiger partial charge is 0.123 e. The maximum Gasteiger partial charge on any atom is 0.123 e. The van der Waals surface area contributed by atoms with E-state index < -0.39 is 0 Å². The largest absolute Gasteiger partial charge is 0.383 e. The van der Waals surface area contributed by atoms with Crippen LogP contribution in [0.2, 0.25) is 0 Å². The van der Waals surface area contributed by atoms with Crippen molar-refractivity contribution in [3.8, 4) is 0 Å². The van der Waals surface area contributed by atoms with Gasteiger partial charge in [0.25, 0.3) is 0 Å². The molecule has 0 amide bonds. The number of nitrogens with zero attached hydrogens (tertiary/aromatic N) is 1. The van der Waals surface area contributed by atoms with Crippen LogP contribution in [0.15, 0.2) is 29.6 Å². The van der Waals surface area contributed by atoms with Crippen LogP contribution in [-0.4, -0.2) is 25.2 Å². The summed E-state index contributed by atoms with van der Waals surface area (Å²) in [6, 6.07) is 6.56. The number of hydrogen-bond acceptors (Lipinski definition) is 4. The maximum absolute atomic E-state index is 13.5. The van der Waals surface area contributed by atoms with Gasteiger partial charge in [0.05, 0.1) is 18.3 Å². The number of halogens is 1. The number of ether oxygens (including phenoxy) is 1. The molecule has 2 rings (SSSR count). The van der Waals surface area contributed by atoms with Crippen LogP contribution in [0.4, 0.5) is 4.39 Å². The molecule has 1 heterocycles. The van der Waals surface area contributed by atoms with Gasteiger partial charge in [0.2, 0.25) is 0 Å². The van der Waals surface area contributed by atoms with Gasteiger partial charge in [-0.3, -0.25) is 0 Å². The zero-order valence-corrected chi connectivity index (χ0v) is 13.4. The topological polar surface area (TPSA) is 34.1 Å². The van der Waals surface area contributed by atoms with Gasteiger partial charge in [-0.15, -0.1) is 11.3 Å². The van der Waals surface area contributed by atoms with E-state index in [1.807, 2.05) is 6.07 Å². The number of thiazole rings is 1. The van der Waals surface area contributed by atoms with Gasteiger partial charge in [-0.1, -0.05) is 26.0 Å². The van der Waals surface area contributed by atoms with Gasteiger partial charge in [-0.2, -0.15) is 0 Å². The molecule has 3 nitrogen and oxygen atoms in total. The summed E-state index contributed by atoms with van der Waals surface area (Å²) in [5, 5.41) is 6.42. The molecular weight excluding hydrogens is 287 g/mol. The number of rotatable bonds is 7. The summed E-state index contributed by atoms with van der Waals surface area (Å²) in [5.74, 6) is 0.161. The number of aromatic nitrogens is 1. The van der Waals surface area contributed by atoms with Gasteiger partial charge < -0.3 is 10.1 Å². The van der Waals surface area contributed by atoms with Gasteiger partial charge in [-0.05, 0) is 23.6 Å². The third kappa shape index (κ3) is 4.33. The molecule has 0 radical (unpaired) electrons. The molecule has 1 unspecified atom stereocenters. The third-order valence-electron chi connectivity index (χ3n) is 3.21. The highest BCUT2D eigenvalue weighted by Gasteiger charge is 2.18. The fourth-order valence-electron chi connectivity index (χ4n) is 2.04. The van der Waals surface area contributed by atoms with Crippen molar-refractivity contribution in [2.24, 2.45) is 0 Å². The van der Waals surface area contributed by atoms with Gasteiger partial charge in [0.1, 0.15) is 10.8 Å². The molecule has 0 aliphatic carbocycles. The molecule has 0 saturated carbocycles. The van der Waals surface area contributed by atoms with Crippen molar-refractivity contribution in [1.29, 1.82) is 0 Å². The minimum Gasteiger partial charge on any atom is -0.383 e. The lowest BCUT2D eigenvalue weighted by Gasteiger charge is -2.17. The Morgan fingerprint density at radius 1 is 1.38 bits per heavy atom. The predicted molar refractivity (Wildman–Crippen MR) is 84.3 cm³/mol. The highest BCUT2D eigenvalue weighted by atomic mass is 32.1. The van der Waals surface area contributed by atoms with Crippen molar-refractivity contribution < 1.29 is 9.13 Å². The van der Waals surface area contributed by atoms with Crippen molar-refractivity contribution in [2.45, 2.75) is 25.8 Å². The quantitative estimate of drug-likeness (QED) is 0.791. The summed E-state index contributed by atoms with van der Waals surface area (Å²) in [6.45, 7) is 5.53. The van der Waals surface area contributed by atoms with Crippen molar-refractivity contribution in [1.82, 2.24) is 10.3 Å². The Morgan fingerprint density at radius 2 is 2.19 bits per heavy atom. The fourth-order valence-corrected chi connectivity index (χ4v) is 3.12. The van der Waals surface area contributed by atoms with Crippen molar-refractivity contribution in [3.05, 3.63) is 51.7 Å². The average molecular weight is 308 g/mol.